The van der Waals surface area contributed by atoms with Crippen molar-refractivity contribution in [1.82, 2.24) is 5.32 Å². The summed E-state index contributed by atoms with van der Waals surface area (Å²) in [4.78, 5) is 11.9. The molecule has 2 nitrogen and oxygen atoms in total. The lowest BCUT2D eigenvalue weighted by Gasteiger charge is -2.26. The van der Waals surface area contributed by atoms with Gasteiger partial charge in [0.2, 0.25) is 5.91 Å². The van der Waals surface area contributed by atoms with Crippen LogP contribution in [0, 0.1) is 17.8 Å². The number of nitrogens with one attached hydrogen (secondary N) is 1. The topological polar surface area (TPSA) is 29.1 Å². The van der Waals surface area contributed by atoms with Gasteiger partial charge in [0.1, 0.15) is 0 Å². The highest BCUT2D eigenvalue weighted by molar-refractivity contribution is 5.79. The van der Waals surface area contributed by atoms with E-state index in [1.54, 1.807) is 0 Å². The molecule has 84 valence electrons. The van der Waals surface area contributed by atoms with Gasteiger partial charge in [-0.2, -0.15) is 0 Å². The van der Waals surface area contributed by atoms with Crippen LogP contribution in [0.3, 0.4) is 0 Å². The van der Waals surface area contributed by atoms with Gasteiger partial charge < -0.3 is 5.32 Å². The molecule has 0 bridgehead atoms. The van der Waals surface area contributed by atoms with Crippen LogP contribution in [0.15, 0.2) is 0 Å². The van der Waals surface area contributed by atoms with Gasteiger partial charge in [0.05, 0.1) is 0 Å². The monoisotopic (exact) mass is 199 g/mol. The Morgan fingerprint density at radius 1 is 1.14 bits per heavy atom. The van der Waals surface area contributed by atoms with E-state index in [4.69, 9.17) is 0 Å². The molecule has 0 aliphatic carbocycles. The van der Waals surface area contributed by atoms with E-state index >= 15 is 0 Å². The van der Waals surface area contributed by atoms with Crippen LogP contribution in [0.25, 0.3) is 0 Å². The maximum atomic E-state index is 11.9. The Morgan fingerprint density at radius 2 is 1.64 bits per heavy atom. The maximum Gasteiger partial charge on any atom is 0.223 e. The van der Waals surface area contributed by atoms with Crippen LogP contribution in [-0.2, 0) is 4.79 Å². The zero-order chi connectivity index (χ0) is 11.3. The number of carbonyl (C=O) groups excluding carboxylic acids is 1. The summed E-state index contributed by atoms with van der Waals surface area (Å²) in [6.45, 7) is 12.6. The normalized spacial score (nSPS) is 15.7. The zero-order valence-corrected chi connectivity index (χ0v) is 10.4. The molecule has 1 N–H and O–H groups in total. The van der Waals surface area contributed by atoms with Crippen LogP contribution in [-0.4, -0.2) is 11.9 Å². The number of hydrogen-bond acceptors (Lipinski definition) is 1. The predicted molar refractivity (Wildman–Crippen MR) is 61.1 cm³/mol. The molecule has 0 saturated heterocycles. The molecule has 0 aliphatic heterocycles. The molecule has 0 rings (SSSR count). The average Bonchev–Trinajstić information content (AvgIpc) is 2.01. The van der Waals surface area contributed by atoms with E-state index in [-0.39, 0.29) is 17.9 Å². The summed E-state index contributed by atoms with van der Waals surface area (Å²) in [5, 5.41) is 3.00. The van der Waals surface area contributed by atoms with Crippen molar-refractivity contribution in [3.8, 4) is 0 Å². The smallest absolute Gasteiger partial charge is 0.223 e. The van der Waals surface area contributed by atoms with Gasteiger partial charge in [-0.3, -0.25) is 4.79 Å². The van der Waals surface area contributed by atoms with Crippen molar-refractivity contribution in [2.45, 2.75) is 54.0 Å². The minimum atomic E-state index is 0.155. The van der Waals surface area contributed by atoms with Crippen molar-refractivity contribution >= 4 is 5.91 Å². The summed E-state index contributed by atoms with van der Waals surface area (Å²) in [5.74, 6) is 1.25. The van der Waals surface area contributed by atoms with Gasteiger partial charge in [-0.1, -0.05) is 34.1 Å². The van der Waals surface area contributed by atoms with Crippen molar-refractivity contribution in [1.29, 1.82) is 0 Å². The Balaban J connectivity index is 4.41. The fourth-order valence-electron chi connectivity index (χ4n) is 1.85. The zero-order valence-electron chi connectivity index (χ0n) is 10.4. The third-order valence-electron chi connectivity index (χ3n) is 2.71. The van der Waals surface area contributed by atoms with Crippen molar-refractivity contribution in [2.24, 2.45) is 17.8 Å². The SMILES string of the molecule is CCC(C)C(C(=O)NC(C)C)C(C)C. The molecule has 0 heterocycles. The van der Waals surface area contributed by atoms with E-state index in [0.717, 1.165) is 6.42 Å². The maximum absolute atomic E-state index is 11.9. The van der Waals surface area contributed by atoms with Gasteiger partial charge >= 0.3 is 0 Å². The summed E-state index contributed by atoms with van der Waals surface area (Å²) in [6, 6.07) is 0.243. The van der Waals surface area contributed by atoms with Crippen molar-refractivity contribution in [3.63, 3.8) is 0 Å². The first-order valence-electron chi connectivity index (χ1n) is 5.70. The summed E-state index contributed by atoms with van der Waals surface area (Å²) in [5.41, 5.74) is 0. The fraction of sp³-hybridized carbons (Fsp3) is 0.917. The molecule has 0 aromatic heterocycles. The second-order valence-electron chi connectivity index (χ2n) is 4.82. The molecule has 1 amide bonds. The molecule has 0 aromatic carbocycles. The van der Waals surface area contributed by atoms with E-state index < -0.39 is 0 Å². The molecule has 0 fully saturated rings. The van der Waals surface area contributed by atoms with E-state index in [9.17, 15) is 4.79 Å². The van der Waals surface area contributed by atoms with Gasteiger partial charge in [-0.15, -0.1) is 0 Å². The van der Waals surface area contributed by atoms with Crippen LogP contribution in [0.5, 0.6) is 0 Å². The van der Waals surface area contributed by atoms with Crippen molar-refractivity contribution < 1.29 is 4.79 Å². The summed E-state index contributed by atoms with van der Waals surface area (Å²) in [6.07, 6.45) is 1.06. The van der Waals surface area contributed by atoms with Crippen molar-refractivity contribution in [3.05, 3.63) is 0 Å². The first kappa shape index (κ1) is 13.5. The third-order valence-corrected chi connectivity index (χ3v) is 2.71. The molecule has 2 unspecified atom stereocenters. The molecule has 0 aromatic rings. The van der Waals surface area contributed by atoms with Crippen molar-refractivity contribution in [2.75, 3.05) is 0 Å². The highest BCUT2D eigenvalue weighted by Crippen LogP contribution is 2.23. The van der Waals surface area contributed by atoms with Gasteiger partial charge in [-0.25, -0.2) is 0 Å². The number of amides is 1. The van der Waals surface area contributed by atoms with E-state index in [1.165, 1.54) is 0 Å². The number of rotatable bonds is 5. The molecular formula is C12H25NO. The van der Waals surface area contributed by atoms with Gasteiger partial charge in [0.15, 0.2) is 0 Å². The second-order valence-corrected chi connectivity index (χ2v) is 4.82. The molecule has 0 radical (unpaired) electrons. The number of carbonyl (C=O) groups is 1. The molecular weight excluding hydrogens is 174 g/mol. The quantitative estimate of drug-likeness (QED) is 0.725. The summed E-state index contributed by atoms with van der Waals surface area (Å²) < 4.78 is 0. The van der Waals surface area contributed by atoms with E-state index in [1.807, 2.05) is 13.8 Å². The molecule has 0 aliphatic rings. The molecule has 0 saturated carbocycles. The lowest BCUT2D eigenvalue weighted by Crippen LogP contribution is -2.40. The van der Waals surface area contributed by atoms with Gasteiger partial charge in [0.25, 0.3) is 0 Å². The molecule has 14 heavy (non-hydrogen) atoms. The predicted octanol–water partition coefficient (Wildman–Crippen LogP) is 2.83. The first-order chi connectivity index (χ1) is 6.40. The van der Waals surface area contributed by atoms with Gasteiger partial charge in [0, 0.05) is 12.0 Å². The number of hydrogen-bond donors (Lipinski definition) is 1. The minimum Gasteiger partial charge on any atom is -0.354 e. The Morgan fingerprint density at radius 3 is 1.93 bits per heavy atom. The largest absolute Gasteiger partial charge is 0.354 e. The summed E-state index contributed by atoms with van der Waals surface area (Å²) >= 11 is 0. The van der Waals surface area contributed by atoms with Crippen LogP contribution >= 0.6 is 0 Å². The van der Waals surface area contributed by atoms with E-state index in [0.29, 0.717) is 11.8 Å². The van der Waals surface area contributed by atoms with Crippen LogP contribution in [0.2, 0.25) is 0 Å². The molecule has 0 spiro atoms. The highest BCUT2D eigenvalue weighted by Gasteiger charge is 2.27. The highest BCUT2D eigenvalue weighted by atomic mass is 16.1. The third kappa shape index (κ3) is 4.12. The molecule has 2 heteroatoms. The van der Waals surface area contributed by atoms with Crippen LogP contribution in [0.4, 0.5) is 0 Å². The molecule has 2 atom stereocenters. The first-order valence-corrected chi connectivity index (χ1v) is 5.70. The standard InChI is InChI=1S/C12H25NO/c1-7-10(6)11(8(2)3)12(14)13-9(4)5/h8-11H,7H2,1-6H3,(H,13,14). The Bertz CT molecular complexity index is 175. The second kappa shape index (κ2) is 6.05. The Hall–Kier alpha value is -0.530. The Labute approximate surface area is 88.5 Å². The van der Waals surface area contributed by atoms with E-state index in [2.05, 4.69) is 33.0 Å². The lowest BCUT2D eigenvalue weighted by atomic mass is 9.82. The average molecular weight is 199 g/mol. The van der Waals surface area contributed by atoms with Crippen LogP contribution in [0.1, 0.15) is 48.0 Å². The van der Waals surface area contributed by atoms with Crippen LogP contribution < -0.4 is 5.32 Å². The summed E-state index contributed by atoms with van der Waals surface area (Å²) in [7, 11) is 0. The lowest BCUT2D eigenvalue weighted by molar-refractivity contribution is -0.128. The fourth-order valence-corrected chi connectivity index (χ4v) is 1.85. The van der Waals surface area contributed by atoms with Gasteiger partial charge in [-0.05, 0) is 25.7 Å². The minimum absolute atomic E-state index is 0.155. The Kier molecular flexibility index (Phi) is 5.82.